The fraction of sp³-hybridized carbons (Fsp3) is 0.800. The third-order valence-electron chi connectivity index (χ3n) is 1.97. The first-order valence-electron chi connectivity index (χ1n) is 4.97. The Morgan fingerprint density at radius 1 is 1.31 bits per heavy atom. The Kier molecular flexibility index (Phi) is 6.67. The summed E-state index contributed by atoms with van der Waals surface area (Å²) in [6.07, 6.45) is 0. The first-order valence-corrected chi connectivity index (χ1v) is 4.97. The summed E-state index contributed by atoms with van der Waals surface area (Å²) >= 11 is 0. The van der Waals surface area contributed by atoms with Gasteiger partial charge >= 0.3 is 5.97 Å². The molecule has 6 nitrogen and oxygen atoms in total. The van der Waals surface area contributed by atoms with Crippen LogP contribution in [0.2, 0.25) is 0 Å². The number of methoxy groups -OCH3 is 1. The van der Waals surface area contributed by atoms with Gasteiger partial charge in [0.05, 0.1) is 18.6 Å². The zero-order chi connectivity index (χ0) is 12.6. The third-order valence-corrected chi connectivity index (χ3v) is 1.97. The van der Waals surface area contributed by atoms with Gasteiger partial charge in [0.2, 0.25) is 5.91 Å². The van der Waals surface area contributed by atoms with Crippen LogP contribution in [-0.2, 0) is 19.1 Å². The van der Waals surface area contributed by atoms with E-state index in [1.54, 1.807) is 21.0 Å². The smallest absolute Gasteiger partial charge is 0.310 e. The van der Waals surface area contributed by atoms with Crippen LogP contribution in [0.1, 0.15) is 13.8 Å². The maximum atomic E-state index is 11.2. The van der Waals surface area contributed by atoms with Crippen LogP contribution in [-0.4, -0.2) is 50.5 Å². The van der Waals surface area contributed by atoms with E-state index in [-0.39, 0.29) is 19.1 Å². The van der Waals surface area contributed by atoms with Gasteiger partial charge in [0.1, 0.15) is 6.61 Å². The topological polar surface area (TPSA) is 84.9 Å². The lowest BCUT2D eigenvalue weighted by atomic mass is 9.94. The monoisotopic (exact) mass is 233 g/mol. The highest BCUT2D eigenvalue weighted by atomic mass is 16.5. The van der Waals surface area contributed by atoms with Gasteiger partial charge in [-0.3, -0.25) is 9.59 Å². The first kappa shape index (κ1) is 14.9. The summed E-state index contributed by atoms with van der Waals surface area (Å²) in [5, 5.41) is 11.3. The Morgan fingerprint density at radius 2 is 1.94 bits per heavy atom. The molecule has 0 atom stereocenters. The number of carbonyl (C=O) groups is 2. The maximum absolute atomic E-state index is 11.2. The van der Waals surface area contributed by atoms with Crippen molar-refractivity contribution in [3.63, 3.8) is 0 Å². The van der Waals surface area contributed by atoms with Crippen LogP contribution in [0.5, 0.6) is 0 Å². The molecule has 0 saturated carbocycles. The number of amides is 1. The molecule has 0 radical (unpaired) electrons. The molecular weight excluding hydrogens is 214 g/mol. The zero-order valence-corrected chi connectivity index (χ0v) is 9.91. The van der Waals surface area contributed by atoms with Crippen molar-refractivity contribution in [1.82, 2.24) is 5.32 Å². The minimum atomic E-state index is -0.970. The summed E-state index contributed by atoms with van der Waals surface area (Å²) in [4.78, 5) is 21.9. The lowest BCUT2D eigenvalue weighted by Crippen LogP contribution is -2.40. The number of nitrogens with one attached hydrogen (secondary N) is 1. The minimum Gasteiger partial charge on any atom is -0.481 e. The van der Waals surface area contributed by atoms with Crippen molar-refractivity contribution >= 4 is 11.9 Å². The predicted octanol–water partition coefficient (Wildman–Crippen LogP) is -0.124. The molecule has 0 aromatic heterocycles. The molecule has 0 spiro atoms. The van der Waals surface area contributed by atoms with Gasteiger partial charge in [-0.2, -0.15) is 0 Å². The quantitative estimate of drug-likeness (QED) is 0.571. The third kappa shape index (κ3) is 6.36. The highest BCUT2D eigenvalue weighted by molar-refractivity contribution is 5.79. The molecule has 0 rings (SSSR count). The van der Waals surface area contributed by atoms with E-state index in [9.17, 15) is 9.59 Å². The van der Waals surface area contributed by atoms with Crippen molar-refractivity contribution in [2.45, 2.75) is 13.8 Å². The number of aliphatic carboxylic acids is 1. The van der Waals surface area contributed by atoms with Crippen molar-refractivity contribution in [2.24, 2.45) is 5.41 Å². The molecule has 0 aromatic rings. The van der Waals surface area contributed by atoms with Gasteiger partial charge in [-0.15, -0.1) is 0 Å². The molecule has 0 saturated heterocycles. The lowest BCUT2D eigenvalue weighted by molar-refractivity contribution is -0.146. The van der Waals surface area contributed by atoms with E-state index < -0.39 is 11.4 Å². The molecule has 6 heteroatoms. The van der Waals surface area contributed by atoms with E-state index in [1.165, 1.54) is 0 Å². The maximum Gasteiger partial charge on any atom is 0.310 e. The van der Waals surface area contributed by atoms with Crippen molar-refractivity contribution in [3.05, 3.63) is 0 Å². The Labute approximate surface area is 94.9 Å². The number of carboxylic acids is 1. The van der Waals surface area contributed by atoms with E-state index in [4.69, 9.17) is 14.6 Å². The number of rotatable bonds is 8. The van der Waals surface area contributed by atoms with Crippen LogP contribution in [0.25, 0.3) is 0 Å². The van der Waals surface area contributed by atoms with Crippen molar-refractivity contribution in [1.29, 1.82) is 0 Å². The van der Waals surface area contributed by atoms with Gasteiger partial charge < -0.3 is 19.9 Å². The Bertz CT molecular complexity index is 239. The van der Waals surface area contributed by atoms with Gasteiger partial charge in [0, 0.05) is 13.7 Å². The van der Waals surface area contributed by atoms with E-state index >= 15 is 0 Å². The largest absolute Gasteiger partial charge is 0.481 e. The van der Waals surface area contributed by atoms with Crippen LogP contribution < -0.4 is 5.32 Å². The molecule has 0 aliphatic heterocycles. The SMILES string of the molecule is COCCOCC(=O)NCC(C)(C)C(=O)O. The van der Waals surface area contributed by atoms with E-state index in [1.807, 2.05) is 0 Å². The molecule has 0 aromatic carbocycles. The van der Waals surface area contributed by atoms with Crippen LogP contribution in [0, 0.1) is 5.41 Å². The fourth-order valence-electron chi connectivity index (χ4n) is 0.753. The minimum absolute atomic E-state index is 0.0782. The number of hydrogen-bond acceptors (Lipinski definition) is 4. The van der Waals surface area contributed by atoms with Gasteiger partial charge in [-0.25, -0.2) is 0 Å². The predicted molar refractivity (Wildman–Crippen MR) is 57.1 cm³/mol. The van der Waals surface area contributed by atoms with E-state index in [2.05, 4.69) is 5.32 Å². The second-order valence-electron chi connectivity index (χ2n) is 4.01. The first-order chi connectivity index (χ1) is 7.40. The molecule has 2 N–H and O–H groups in total. The summed E-state index contributed by atoms with van der Waals surface area (Å²) in [5.41, 5.74) is -0.970. The number of carboxylic acid groups (broad SMARTS) is 1. The van der Waals surface area contributed by atoms with Crippen molar-refractivity contribution in [3.8, 4) is 0 Å². The second kappa shape index (κ2) is 7.19. The van der Waals surface area contributed by atoms with Crippen LogP contribution >= 0.6 is 0 Å². The molecule has 0 aliphatic rings. The molecule has 0 heterocycles. The van der Waals surface area contributed by atoms with Crippen molar-refractivity contribution < 1.29 is 24.2 Å². The van der Waals surface area contributed by atoms with Gasteiger partial charge in [0.15, 0.2) is 0 Å². The average molecular weight is 233 g/mol. The standard InChI is InChI=1S/C10H19NO5/c1-10(2,9(13)14)7-11-8(12)6-16-5-4-15-3/h4-7H2,1-3H3,(H,11,12)(H,13,14). The Hall–Kier alpha value is -1.14. The number of carbonyl (C=O) groups excluding carboxylic acids is 1. The molecule has 1 amide bonds. The highest BCUT2D eigenvalue weighted by Crippen LogP contribution is 2.12. The lowest BCUT2D eigenvalue weighted by Gasteiger charge is -2.19. The van der Waals surface area contributed by atoms with Crippen molar-refractivity contribution in [2.75, 3.05) is 33.5 Å². The van der Waals surface area contributed by atoms with Crippen LogP contribution in [0.15, 0.2) is 0 Å². The van der Waals surface area contributed by atoms with Crippen LogP contribution in [0.3, 0.4) is 0 Å². The van der Waals surface area contributed by atoms with Gasteiger partial charge in [0.25, 0.3) is 0 Å². The summed E-state index contributed by atoms with van der Waals surface area (Å²) in [6, 6.07) is 0. The fourth-order valence-corrected chi connectivity index (χ4v) is 0.753. The number of ether oxygens (including phenoxy) is 2. The van der Waals surface area contributed by atoms with Gasteiger partial charge in [-0.05, 0) is 13.8 Å². The molecule has 94 valence electrons. The molecule has 0 bridgehead atoms. The Morgan fingerprint density at radius 3 is 2.44 bits per heavy atom. The summed E-state index contributed by atoms with van der Waals surface area (Å²) in [5.74, 6) is -1.28. The normalized spacial score (nSPS) is 11.2. The zero-order valence-electron chi connectivity index (χ0n) is 9.91. The van der Waals surface area contributed by atoms with E-state index in [0.717, 1.165) is 0 Å². The van der Waals surface area contributed by atoms with Crippen LogP contribution in [0.4, 0.5) is 0 Å². The van der Waals surface area contributed by atoms with E-state index in [0.29, 0.717) is 13.2 Å². The molecule has 0 aliphatic carbocycles. The molecular formula is C10H19NO5. The average Bonchev–Trinajstić information content (AvgIpc) is 2.21. The number of hydrogen-bond donors (Lipinski definition) is 2. The summed E-state index contributed by atoms with van der Waals surface area (Å²) in [7, 11) is 1.54. The molecule has 0 unspecified atom stereocenters. The molecule has 0 fully saturated rings. The molecule has 16 heavy (non-hydrogen) atoms. The summed E-state index contributed by atoms with van der Waals surface area (Å²) < 4.78 is 9.71. The second-order valence-corrected chi connectivity index (χ2v) is 4.01. The Balaban J connectivity index is 3.69. The van der Waals surface area contributed by atoms with Gasteiger partial charge in [-0.1, -0.05) is 0 Å². The highest BCUT2D eigenvalue weighted by Gasteiger charge is 2.27. The summed E-state index contributed by atoms with van der Waals surface area (Å²) in [6.45, 7) is 3.84.